The highest BCUT2D eigenvalue weighted by molar-refractivity contribution is 6.32. The number of carbonyl (C=O) groups is 3. The number of hydrogen-bond acceptors (Lipinski definition) is 7. The lowest BCUT2D eigenvalue weighted by Gasteiger charge is -2.20. The van der Waals surface area contributed by atoms with E-state index in [1.54, 1.807) is 69.3 Å². The molecule has 2 heterocycles. The van der Waals surface area contributed by atoms with Gasteiger partial charge in [0.1, 0.15) is 28.9 Å². The molecule has 0 spiro atoms. The summed E-state index contributed by atoms with van der Waals surface area (Å²) in [6, 6.07) is 13.1. The number of benzene rings is 2. The largest absolute Gasteiger partial charge is 0.444 e. The molecule has 0 atom stereocenters. The topological polar surface area (TPSA) is 148 Å². The number of ether oxygens (including phenoxy) is 1. The highest BCUT2D eigenvalue weighted by atomic mass is 35.5. The molecule has 5 N–H and O–H groups in total. The smallest absolute Gasteiger partial charge is 0.407 e. The summed E-state index contributed by atoms with van der Waals surface area (Å²) < 4.78 is 34.4. The number of hydrogen-bond donors (Lipinski definition) is 4. The van der Waals surface area contributed by atoms with Gasteiger partial charge in [-0.05, 0) is 93.0 Å². The van der Waals surface area contributed by atoms with Crippen LogP contribution in [0.3, 0.4) is 0 Å². The van der Waals surface area contributed by atoms with Crippen LogP contribution in [0.15, 0.2) is 60.9 Å². The zero-order chi connectivity index (χ0) is 36.9. The second-order valence-electron chi connectivity index (χ2n) is 13.2. The van der Waals surface area contributed by atoms with E-state index in [0.717, 1.165) is 25.7 Å². The van der Waals surface area contributed by atoms with Gasteiger partial charge in [-0.25, -0.2) is 23.5 Å². The second kappa shape index (κ2) is 17.4. The SMILES string of the molecule is CC(C)(C)OC(=O)NCc1ccc(-c2ccnc(NC(=O)C3CC3)c2)c(F)c1Cl.Cl.NCc1ccc(-c2ccnc(NC(=O)C3CC3)c2)c(F)c1Cl. The minimum atomic E-state index is -0.628. The van der Waals surface area contributed by atoms with Crippen LogP contribution in [0, 0.1) is 23.5 Å². The summed E-state index contributed by atoms with van der Waals surface area (Å²) in [6.45, 7) is 5.47. The third-order valence-electron chi connectivity index (χ3n) is 7.91. The molecule has 2 aromatic carbocycles. The van der Waals surface area contributed by atoms with Crippen molar-refractivity contribution in [3.8, 4) is 22.3 Å². The van der Waals surface area contributed by atoms with Crippen molar-refractivity contribution >= 4 is 65.2 Å². The maximum atomic E-state index is 14.9. The monoisotopic (exact) mass is 774 g/mol. The van der Waals surface area contributed by atoms with E-state index in [0.29, 0.717) is 39.5 Å². The third kappa shape index (κ3) is 10.8. The van der Waals surface area contributed by atoms with Crippen LogP contribution in [0.5, 0.6) is 0 Å². The molecule has 3 amide bonds. The van der Waals surface area contributed by atoms with Gasteiger partial charge in [0, 0.05) is 48.4 Å². The van der Waals surface area contributed by atoms with Crippen LogP contribution >= 0.6 is 35.6 Å². The zero-order valence-electron chi connectivity index (χ0n) is 28.7. The minimum Gasteiger partial charge on any atom is -0.444 e. The summed E-state index contributed by atoms with van der Waals surface area (Å²) in [6.07, 6.45) is 6.02. The van der Waals surface area contributed by atoms with Crippen molar-refractivity contribution in [3.05, 3.63) is 93.7 Å². The summed E-state index contributed by atoms with van der Waals surface area (Å²) in [5.74, 6) is -0.336. The molecule has 10 nitrogen and oxygen atoms in total. The van der Waals surface area contributed by atoms with Gasteiger partial charge in [0.15, 0.2) is 0 Å². The number of halogens is 5. The van der Waals surface area contributed by atoms with Crippen molar-refractivity contribution < 1.29 is 27.9 Å². The summed E-state index contributed by atoms with van der Waals surface area (Å²) >= 11 is 12.2. The Hall–Kier alpha value is -4.36. The number of rotatable bonds is 9. The Bertz CT molecular complexity index is 1950. The molecule has 0 radical (unpaired) electrons. The fourth-order valence-corrected chi connectivity index (χ4v) is 5.35. The van der Waals surface area contributed by atoms with Crippen LogP contribution in [0.1, 0.15) is 57.6 Å². The van der Waals surface area contributed by atoms with E-state index < -0.39 is 23.3 Å². The highest BCUT2D eigenvalue weighted by Gasteiger charge is 2.30. The van der Waals surface area contributed by atoms with Crippen LogP contribution in [0.4, 0.5) is 25.2 Å². The number of pyridine rings is 2. The number of carbonyl (C=O) groups excluding carboxylic acids is 3. The first-order valence-corrected chi connectivity index (χ1v) is 17.1. The normalized spacial score (nSPS) is 13.5. The molecule has 2 aliphatic carbocycles. The molecule has 15 heteroatoms. The number of alkyl carbamates (subject to hydrolysis) is 1. The van der Waals surface area contributed by atoms with Gasteiger partial charge in [-0.2, -0.15) is 0 Å². The molecule has 2 saturated carbocycles. The van der Waals surface area contributed by atoms with E-state index >= 15 is 0 Å². The van der Waals surface area contributed by atoms with E-state index in [-0.39, 0.29) is 64.8 Å². The molecule has 0 bridgehead atoms. The van der Waals surface area contributed by atoms with Crippen LogP contribution < -0.4 is 21.7 Å². The first-order chi connectivity index (χ1) is 24.2. The molecule has 6 rings (SSSR count). The maximum absolute atomic E-state index is 14.9. The van der Waals surface area contributed by atoms with Gasteiger partial charge in [-0.1, -0.05) is 47.5 Å². The Kier molecular flexibility index (Phi) is 13.6. The first-order valence-electron chi connectivity index (χ1n) is 16.4. The van der Waals surface area contributed by atoms with Crippen molar-refractivity contribution in [3.63, 3.8) is 0 Å². The van der Waals surface area contributed by atoms with Crippen LogP contribution in [0.25, 0.3) is 22.3 Å². The predicted molar refractivity (Wildman–Crippen MR) is 200 cm³/mol. The van der Waals surface area contributed by atoms with Gasteiger partial charge in [-0.3, -0.25) is 9.59 Å². The molecule has 2 aromatic heterocycles. The summed E-state index contributed by atoms with van der Waals surface area (Å²) in [7, 11) is 0. The number of nitrogens with one attached hydrogen (secondary N) is 3. The Morgan fingerprint density at radius 3 is 1.65 bits per heavy atom. The molecule has 2 aliphatic rings. The molecule has 0 aliphatic heterocycles. The standard InChI is InChI=1S/C21H23ClFN3O3.C16H15ClFN3O.ClH/c1-21(2,3)29-20(28)25-11-14-6-7-15(18(23)17(14)22)13-8-9-24-16(10-13)26-19(27)12-4-5-12;17-14-11(8-19)3-4-12(15(14)18)10-5-6-20-13(7-10)21-16(22)9-1-2-9;/h6-10,12H,4-5,11H2,1-3H3,(H,25,28)(H,24,26,27);3-7,9H,1-2,8,19H2,(H,20,21,22);1H. The summed E-state index contributed by atoms with van der Waals surface area (Å²) in [4.78, 5) is 43.7. The maximum Gasteiger partial charge on any atom is 0.407 e. The number of nitrogens with two attached hydrogens (primary N) is 1. The van der Waals surface area contributed by atoms with E-state index in [1.807, 2.05) is 0 Å². The number of nitrogens with zero attached hydrogens (tertiary/aromatic N) is 2. The molecule has 2 fully saturated rings. The molecule has 276 valence electrons. The van der Waals surface area contributed by atoms with Crippen molar-refractivity contribution in [2.75, 3.05) is 10.6 Å². The van der Waals surface area contributed by atoms with Gasteiger partial charge < -0.3 is 26.4 Å². The van der Waals surface area contributed by atoms with Crippen molar-refractivity contribution in [1.29, 1.82) is 0 Å². The predicted octanol–water partition coefficient (Wildman–Crippen LogP) is 8.68. The fourth-order valence-electron chi connectivity index (χ4n) is 4.88. The molecule has 52 heavy (non-hydrogen) atoms. The lowest BCUT2D eigenvalue weighted by molar-refractivity contribution is -0.118. The molecule has 4 aromatic rings. The summed E-state index contributed by atoms with van der Waals surface area (Å²) in [5.41, 5.74) is 7.64. The first kappa shape index (κ1) is 40.4. The van der Waals surface area contributed by atoms with Gasteiger partial charge in [0.2, 0.25) is 11.8 Å². The Morgan fingerprint density at radius 2 is 1.23 bits per heavy atom. The van der Waals surface area contributed by atoms with Gasteiger partial charge in [0.25, 0.3) is 0 Å². The van der Waals surface area contributed by atoms with Crippen LogP contribution in [-0.4, -0.2) is 33.5 Å². The van der Waals surface area contributed by atoms with Gasteiger partial charge in [0.05, 0.1) is 10.0 Å². The zero-order valence-corrected chi connectivity index (χ0v) is 31.0. The summed E-state index contributed by atoms with van der Waals surface area (Å²) in [5, 5.41) is 7.99. The quantitative estimate of drug-likeness (QED) is 0.133. The third-order valence-corrected chi connectivity index (χ3v) is 8.72. The molecular formula is C37H39Cl3F2N6O4. The molecule has 0 unspecified atom stereocenters. The Morgan fingerprint density at radius 1 is 0.788 bits per heavy atom. The lowest BCUT2D eigenvalue weighted by atomic mass is 10.0. The van der Waals surface area contributed by atoms with Crippen LogP contribution in [0.2, 0.25) is 10.0 Å². The molecular weight excluding hydrogens is 737 g/mol. The van der Waals surface area contributed by atoms with Crippen molar-refractivity contribution in [1.82, 2.24) is 15.3 Å². The van der Waals surface area contributed by atoms with Crippen LogP contribution in [-0.2, 0) is 27.4 Å². The van der Waals surface area contributed by atoms with E-state index in [2.05, 4.69) is 25.9 Å². The van der Waals surface area contributed by atoms with Crippen molar-refractivity contribution in [2.45, 2.75) is 65.1 Å². The number of anilines is 2. The fraction of sp³-hybridized carbons (Fsp3) is 0.324. The van der Waals surface area contributed by atoms with E-state index in [1.165, 1.54) is 12.4 Å². The van der Waals surface area contributed by atoms with Crippen molar-refractivity contribution in [2.24, 2.45) is 17.6 Å². The average molecular weight is 776 g/mol. The van der Waals surface area contributed by atoms with Gasteiger partial charge >= 0.3 is 6.09 Å². The van der Waals surface area contributed by atoms with Gasteiger partial charge in [-0.15, -0.1) is 12.4 Å². The molecule has 0 saturated heterocycles. The number of amides is 3. The van der Waals surface area contributed by atoms with E-state index in [4.69, 9.17) is 33.7 Å². The lowest BCUT2D eigenvalue weighted by Crippen LogP contribution is -2.32. The Balaban J connectivity index is 0.000000236. The highest BCUT2D eigenvalue weighted by Crippen LogP contribution is 2.34. The van der Waals surface area contributed by atoms with E-state index in [9.17, 15) is 23.2 Å². The minimum absolute atomic E-state index is 0. The average Bonchev–Trinajstić information content (AvgIpc) is 4.00. The number of aromatic nitrogens is 2. The Labute approximate surface area is 316 Å². The second-order valence-corrected chi connectivity index (χ2v) is 14.0.